The number of ether oxygens (including phenoxy) is 5. The molecule has 1 aromatic carbocycles. The highest BCUT2D eigenvalue weighted by molar-refractivity contribution is 5.87. The first-order valence-electron chi connectivity index (χ1n) is 11.4. The minimum absolute atomic E-state index is 0.167. The fraction of sp³-hybridized carbons (Fsp3) is 0.542. The summed E-state index contributed by atoms with van der Waals surface area (Å²) in [6.45, 7) is -0.776. The van der Waals surface area contributed by atoms with Crippen LogP contribution in [0.2, 0.25) is 0 Å². The molecule has 35 heavy (non-hydrogen) atoms. The fourth-order valence-corrected chi connectivity index (χ4v) is 5.11. The highest BCUT2D eigenvalue weighted by Crippen LogP contribution is 2.60. The molecule has 1 saturated carbocycles. The van der Waals surface area contributed by atoms with Crippen LogP contribution in [0.15, 0.2) is 48.7 Å². The van der Waals surface area contributed by atoms with Crippen molar-refractivity contribution in [2.24, 2.45) is 11.8 Å². The Morgan fingerprint density at radius 1 is 1.03 bits per heavy atom. The molecule has 3 aliphatic heterocycles. The Morgan fingerprint density at radius 2 is 1.80 bits per heavy atom. The number of hydrogen-bond acceptors (Lipinski definition) is 11. The lowest BCUT2D eigenvalue weighted by Gasteiger charge is -2.43. The van der Waals surface area contributed by atoms with Crippen LogP contribution in [0.25, 0.3) is 6.08 Å². The van der Waals surface area contributed by atoms with E-state index in [1.54, 1.807) is 12.2 Å². The Hall–Kier alpha value is -2.35. The van der Waals surface area contributed by atoms with Gasteiger partial charge < -0.3 is 49.2 Å². The van der Waals surface area contributed by atoms with Crippen LogP contribution in [-0.2, 0) is 28.5 Å². The molecule has 0 spiro atoms. The molecule has 1 aliphatic carbocycles. The average molecular weight is 492 g/mol. The maximum Gasteiger partial charge on any atom is 0.330 e. The predicted molar refractivity (Wildman–Crippen MR) is 116 cm³/mol. The van der Waals surface area contributed by atoms with Crippen molar-refractivity contribution in [2.45, 2.75) is 54.8 Å². The van der Waals surface area contributed by atoms with Gasteiger partial charge in [0.25, 0.3) is 0 Å². The maximum atomic E-state index is 12.3. The van der Waals surface area contributed by atoms with Gasteiger partial charge >= 0.3 is 5.97 Å². The van der Waals surface area contributed by atoms with E-state index in [1.165, 1.54) is 12.3 Å². The van der Waals surface area contributed by atoms with Crippen molar-refractivity contribution in [1.82, 2.24) is 0 Å². The molecule has 1 aromatic rings. The SMILES string of the molecule is O=C(/C=C/c1ccccc1)OCC12OC1C(O)C1C=COC(OC3OC(CO)C(O)C(O)C3O)C12. The zero-order valence-electron chi connectivity index (χ0n) is 18.6. The van der Waals surface area contributed by atoms with Crippen molar-refractivity contribution < 1.29 is 54.0 Å². The Kier molecular flexibility index (Phi) is 6.68. The van der Waals surface area contributed by atoms with Crippen molar-refractivity contribution in [2.75, 3.05) is 13.2 Å². The first-order chi connectivity index (χ1) is 16.9. The molecule has 5 N–H and O–H groups in total. The molecular formula is C24H28O11. The van der Waals surface area contributed by atoms with Gasteiger partial charge in [0.2, 0.25) is 6.29 Å². The molecule has 0 amide bonds. The van der Waals surface area contributed by atoms with Gasteiger partial charge in [0.15, 0.2) is 6.29 Å². The van der Waals surface area contributed by atoms with Crippen LogP contribution >= 0.6 is 0 Å². The van der Waals surface area contributed by atoms with Crippen molar-refractivity contribution >= 4 is 12.0 Å². The monoisotopic (exact) mass is 492 g/mol. The molecule has 0 bridgehead atoms. The smallest absolute Gasteiger partial charge is 0.330 e. The van der Waals surface area contributed by atoms with E-state index in [4.69, 9.17) is 23.7 Å². The van der Waals surface area contributed by atoms with Crippen molar-refractivity contribution in [3.63, 3.8) is 0 Å². The molecule has 190 valence electrons. The van der Waals surface area contributed by atoms with Crippen molar-refractivity contribution in [3.05, 3.63) is 54.3 Å². The third-order valence-corrected chi connectivity index (χ3v) is 7.03. The van der Waals surface area contributed by atoms with Crippen LogP contribution in [0, 0.1) is 11.8 Å². The number of benzene rings is 1. The van der Waals surface area contributed by atoms with Gasteiger partial charge in [0.05, 0.1) is 24.9 Å². The van der Waals surface area contributed by atoms with Gasteiger partial charge in [-0.3, -0.25) is 0 Å². The molecule has 5 rings (SSSR count). The molecule has 11 nitrogen and oxygen atoms in total. The first kappa shape index (κ1) is 24.3. The molecule has 0 radical (unpaired) electrons. The molecule has 2 saturated heterocycles. The molecule has 11 unspecified atom stereocenters. The predicted octanol–water partition coefficient (Wildman–Crippen LogP) is -1.33. The third kappa shape index (κ3) is 4.39. The maximum absolute atomic E-state index is 12.3. The molecule has 3 fully saturated rings. The van der Waals surface area contributed by atoms with Gasteiger partial charge in [-0.1, -0.05) is 30.3 Å². The van der Waals surface area contributed by atoms with Gasteiger partial charge in [0, 0.05) is 12.0 Å². The summed E-state index contributed by atoms with van der Waals surface area (Å²) < 4.78 is 28.1. The van der Waals surface area contributed by atoms with Gasteiger partial charge in [-0.25, -0.2) is 4.79 Å². The summed E-state index contributed by atoms with van der Waals surface area (Å²) >= 11 is 0. The van der Waals surface area contributed by atoms with Gasteiger partial charge in [0.1, 0.15) is 42.7 Å². The van der Waals surface area contributed by atoms with Crippen molar-refractivity contribution in [1.29, 1.82) is 0 Å². The van der Waals surface area contributed by atoms with E-state index in [0.29, 0.717) is 0 Å². The summed E-state index contributed by atoms with van der Waals surface area (Å²) in [5.74, 6) is -1.67. The minimum Gasteiger partial charge on any atom is -0.472 e. The molecule has 4 aliphatic rings. The number of carbonyl (C=O) groups excluding carboxylic acids is 1. The largest absolute Gasteiger partial charge is 0.472 e. The van der Waals surface area contributed by atoms with E-state index in [-0.39, 0.29) is 6.61 Å². The van der Waals surface area contributed by atoms with Crippen LogP contribution in [0.5, 0.6) is 0 Å². The van der Waals surface area contributed by atoms with Crippen LogP contribution < -0.4 is 0 Å². The number of aliphatic hydroxyl groups excluding tert-OH is 5. The average Bonchev–Trinajstić information content (AvgIpc) is 3.56. The second-order valence-electron chi connectivity index (χ2n) is 9.11. The lowest BCUT2D eigenvalue weighted by molar-refractivity contribution is -0.344. The Morgan fingerprint density at radius 3 is 2.54 bits per heavy atom. The third-order valence-electron chi connectivity index (χ3n) is 7.03. The van der Waals surface area contributed by atoms with Gasteiger partial charge in [-0.05, 0) is 17.7 Å². The normalized spacial score (nSPS) is 43.9. The Bertz CT molecular complexity index is 965. The summed E-state index contributed by atoms with van der Waals surface area (Å²) in [5, 5.41) is 50.5. The summed E-state index contributed by atoms with van der Waals surface area (Å²) in [6.07, 6.45) is -4.06. The second kappa shape index (κ2) is 9.60. The zero-order chi connectivity index (χ0) is 24.7. The Labute approximate surface area is 200 Å². The quantitative estimate of drug-likeness (QED) is 0.174. The molecule has 11 atom stereocenters. The van der Waals surface area contributed by atoms with E-state index in [9.17, 15) is 30.3 Å². The molecule has 3 heterocycles. The summed E-state index contributed by atoms with van der Waals surface area (Å²) in [6, 6.07) is 9.24. The van der Waals surface area contributed by atoms with Crippen LogP contribution in [0.4, 0.5) is 0 Å². The molecule has 0 aromatic heterocycles. The van der Waals surface area contributed by atoms with Crippen LogP contribution in [-0.4, -0.2) is 99.5 Å². The standard InChI is InChI=1S/C24H28O11/c25-10-14-18(28)19(29)20(30)23(33-14)34-22-16-13(8-9-31-22)17(27)21-24(16,35-21)11-32-15(26)7-6-12-4-2-1-3-5-12/h1-9,13-14,16-23,25,27-30H,10-11H2/b7-6+. The topological polar surface area (TPSA) is 168 Å². The second-order valence-corrected chi connectivity index (χ2v) is 9.11. The van der Waals surface area contributed by atoms with E-state index in [1.807, 2.05) is 30.3 Å². The number of hydrogen-bond donors (Lipinski definition) is 5. The van der Waals surface area contributed by atoms with Gasteiger partial charge in [-0.2, -0.15) is 0 Å². The number of rotatable bonds is 7. The Balaban J connectivity index is 1.28. The van der Waals surface area contributed by atoms with Crippen LogP contribution in [0.3, 0.4) is 0 Å². The summed E-state index contributed by atoms with van der Waals surface area (Å²) in [7, 11) is 0. The van der Waals surface area contributed by atoms with E-state index >= 15 is 0 Å². The highest BCUT2D eigenvalue weighted by atomic mass is 16.8. The van der Waals surface area contributed by atoms with E-state index in [0.717, 1.165) is 5.56 Å². The highest BCUT2D eigenvalue weighted by Gasteiger charge is 2.76. The van der Waals surface area contributed by atoms with Crippen LogP contribution in [0.1, 0.15) is 5.56 Å². The number of aliphatic hydroxyl groups is 5. The number of esters is 1. The number of epoxide rings is 1. The van der Waals surface area contributed by atoms with Gasteiger partial charge in [-0.15, -0.1) is 0 Å². The van der Waals surface area contributed by atoms with Crippen molar-refractivity contribution in [3.8, 4) is 0 Å². The number of carbonyl (C=O) groups is 1. The lowest BCUT2D eigenvalue weighted by Crippen LogP contribution is -2.60. The van der Waals surface area contributed by atoms with E-state index in [2.05, 4.69) is 0 Å². The first-order valence-corrected chi connectivity index (χ1v) is 11.4. The number of fused-ring (bicyclic) bond motifs is 3. The fourth-order valence-electron chi connectivity index (χ4n) is 5.11. The minimum atomic E-state index is -1.63. The summed E-state index contributed by atoms with van der Waals surface area (Å²) in [4.78, 5) is 12.3. The van der Waals surface area contributed by atoms with E-state index < -0.39 is 79.2 Å². The summed E-state index contributed by atoms with van der Waals surface area (Å²) in [5.41, 5.74) is -0.248. The zero-order valence-corrected chi connectivity index (χ0v) is 18.6. The molecule has 11 heteroatoms. The molecular weight excluding hydrogens is 464 g/mol. The lowest BCUT2D eigenvalue weighted by atomic mass is 9.85.